The number of hydrogen-bond acceptors (Lipinski definition) is 3. The fourth-order valence-electron chi connectivity index (χ4n) is 1.84. The monoisotopic (exact) mass is 260 g/mol. The minimum atomic E-state index is -0.312. The van der Waals surface area contributed by atoms with Gasteiger partial charge in [0, 0.05) is 18.8 Å². The number of halogens is 1. The van der Waals surface area contributed by atoms with E-state index >= 15 is 0 Å². The van der Waals surface area contributed by atoms with Crippen LogP contribution in [-0.2, 0) is 6.54 Å². The average Bonchev–Trinajstić information content (AvgIpc) is 2.45. The zero-order valence-electron chi connectivity index (χ0n) is 11.1. The first-order chi connectivity index (χ1) is 9.19. The molecule has 19 heavy (non-hydrogen) atoms. The minimum Gasteiger partial charge on any atom is -0.497 e. The average molecular weight is 260 g/mol. The van der Waals surface area contributed by atoms with Crippen molar-refractivity contribution in [3.05, 3.63) is 59.7 Å². The van der Waals surface area contributed by atoms with E-state index in [1.165, 1.54) is 12.3 Å². The van der Waals surface area contributed by atoms with Crippen molar-refractivity contribution in [2.45, 2.75) is 19.5 Å². The first-order valence-electron chi connectivity index (χ1n) is 6.16. The molecule has 3 nitrogen and oxygen atoms in total. The maximum atomic E-state index is 13.1. The van der Waals surface area contributed by atoms with Crippen molar-refractivity contribution in [2.24, 2.45) is 0 Å². The van der Waals surface area contributed by atoms with Gasteiger partial charge < -0.3 is 10.1 Å². The Morgan fingerprint density at radius 2 is 2.16 bits per heavy atom. The largest absolute Gasteiger partial charge is 0.497 e. The minimum absolute atomic E-state index is 0.0365. The van der Waals surface area contributed by atoms with Crippen LogP contribution in [0, 0.1) is 5.82 Å². The highest BCUT2D eigenvalue weighted by Gasteiger charge is 2.06. The molecule has 1 aromatic heterocycles. The summed E-state index contributed by atoms with van der Waals surface area (Å²) in [7, 11) is 1.65. The number of nitrogens with zero attached hydrogens (tertiary/aromatic N) is 1. The molecule has 100 valence electrons. The van der Waals surface area contributed by atoms with E-state index in [1.807, 2.05) is 31.2 Å². The third-order valence-corrected chi connectivity index (χ3v) is 2.97. The van der Waals surface area contributed by atoms with Crippen LogP contribution in [0.4, 0.5) is 4.39 Å². The molecule has 1 N–H and O–H groups in total. The second-order valence-corrected chi connectivity index (χ2v) is 4.39. The molecule has 0 aliphatic carbocycles. The summed E-state index contributed by atoms with van der Waals surface area (Å²) < 4.78 is 18.3. The number of pyridine rings is 1. The van der Waals surface area contributed by atoms with Gasteiger partial charge in [0.05, 0.1) is 13.3 Å². The van der Waals surface area contributed by atoms with Gasteiger partial charge in [0.25, 0.3) is 0 Å². The van der Waals surface area contributed by atoms with Crippen LogP contribution in [0.3, 0.4) is 0 Å². The van der Waals surface area contributed by atoms with E-state index < -0.39 is 0 Å². The fraction of sp³-hybridized carbons (Fsp3) is 0.267. The smallest absolute Gasteiger partial charge is 0.141 e. The Balaban J connectivity index is 1.98. The van der Waals surface area contributed by atoms with E-state index in [0.717, 1.165) is 16.9 Å². The first kappa shape index (κ1) is 13.5. The number of benzene rings is 1. The van der Waals surface area contributed by atoms with Crippen molar-refractivity contribution in [1.29, 1.82) is 0 Å². The topological polar surface area (TPSA) is 34.1 Å². The highest BCUT2D eigenvalue weighted by atomic mass is 19.1. The molecule has 0 aliphatic heterocycles. The molecule has 0 saturated carbocycles. The number of ether oxygens (including phenoxy) is 1. The van der Waals surface area contributed by atoms with Gasteiger partial charge >= 0.3 is 0 Å². The van der Waals surface area contributed by atoms with Gasteiger partial charge in [-0.3, -0.25) is 4.98 Å². The quantitative estimate of drug-likeness (QED) is 0.897. The summed E-state index contributed by atoms with van der Waals surface area (Å²) in [5.74, 6) is 0.520. The van der Waals surface area contributed by atoms with Gasteiger partial charge in [-0.2, -0.15) is 0 Å². The zero-order valence-corrected chi connectivity index (χ0v) is 11.1. The fourth-order valence-corrected chi connectivity index (χ4v) is 1.84. The van der Waals surface area contributed by atoms with Crippen LogP contribution in [0.15, 0.2) is 42.7 Å². The lowest BCUT2D eigenvalue weighted by Crippen LogP contribution is -2.18. The number of rotatable bonds is 5. The van der Waals surface area contributed by atoms with Gasteiger partial charge in [-0.05, 0) is 36.2 Å². The highest BCUT2D eigenvalue weighted by Crippen LogP contribution is 2.15. The summed E-state index contributed by atoms with van der Waals surface area (Å²) in [6.45, 7) is 2.67. The molecule has 0 radical (unpaired) electrons. The summed E-state index contributed by atoms with van der Waals surface area (Å²) >= 11 is 0. The SMILES string of the molecule is COc1cccc(CNC(C)c2cncc(F)c2)c1. The van der Waals surface area contributed by atoms with E-state index in [1.54, 1.807) is 13.3 Å². The third-order valence-electron chi connectivity index (χ3n) is 2.97. The molecule has 1 heterocycles. The molecule has 2 aromatic rings. The predicted octanol–water partition coefficient (Wildman–Crippen LogP) is 3.08. The van der Waals surface area contributed by atoms with Gasteiger partial charge in [-0.15, -0.1) is 0 Å². The van der Waals surface area contributed by atoms with Crippen LogP contribution >= 0.6 is 0 Å². The van der Waals surface area contributed by atoms with E-state index in [0.29, 0.717) is 6.54 Å². The molecule has 4 heteroatoms. The molecule has 0 fully saturated rings. The van der Waals surface area contributed by atoms with Gasteiger partial charge in [-0.1, -0.05) is 12.1 Å². The van der Waals surface area contributed by atoms with Gasteiger partial charge in [0.1, 0.15) is 11.6 Å². The third kappa shape index (κ3) is 3.76. The predicted molar refractivity (Wildman–Crippen MR) is 72.4 cm³/mol. The van der Waals surface area contributed by atoms with Gasteiger partial charge in [0.2, 0.25) is 0 Å². The first-order valence-corrected chi connectivity index (χ1v) is 6.16. The summed E-state index contributed by atoms with van der Waals surface area (Å²) in [5, 5.41) is 3.33. The van der Waals surface area contributed by atoms with Crippen LogP contribution in [0.1, 0.15) is 24.1 Å². The van der Waals surface area contributed by atoms with Crippen molar-refractivity contribution in [1.82, 2.24) is 10.3 Å². The molecule has 1 aromatic carbocycles. The van der Waals surface area contributed by atoms with Crippen molar-refractivity contribution < 1.29 is 9.13 Å². The molecular weight excluding hydrogens is 243 g/mol. The standard InChI is InChI=1S/C15H17FN2O/c1-11(13-7-14(16)10-17-9-13)18-8-12-4-3-5-15(6-12)19-2/h3-7,9-11,18H,8H2,1-2H3. The molecule has 1 atom stereocenters. The number of nitrogens with one attached hydrogen (secondary N) is 1. The van der Waals surface area contributed by atoms with E-state index in [9.17, 15) is 4.39 Å². The Morgan fingerprint density at radius 1 is 1.32 bits per heavy atom. The van der Waals surface area contributed by atoms with Crippen LogP contribution < -0.4 is 10.1 Å². The second kappa shape index (κ2) is 6.29. The Morgan fingerprint density at radius 3 is 2.89 bits per heavy atom. The molecule has 0 amide bonds. The van der Waals surface area contributed by atoms with Crippen molar-refractivity contribution in [2.75, 3.05) is 7.11 Å². The Labute approximate surface area is 112 Å². The van der Waals surface area contributed by atoms with E-state index in [2.05, 4.69) is 10.3 Å². The maximum absolute atomic E-state index is 13.1. The molecule has 0 bridgehead atoms. The normalized spacial score (nSPS) is 12.2. The zero-order chi connectivity index (χ0) is 13.7. The van der Waals surface area contributed by atoms with Crippen LogP contribution in [-0.4, -0.2) is 12.1 Å². The van der Waals surface area contributed by atoms with Crippen molar-refractivity contribution in [3.63, 3.8) is 0 Å². The summed E-state index contributed by atoms with van der Waals surface area (Å²) in [6.07, 6.45) is 2.88. The maximum Gasteiger partial charge on any atom is 0.141 e. The Kier molecular flexibility index (Phi) is 4.47. The van der Waals surface area contributed by atoms with E-state index in [-0.39, 0.29) is 11.9 Å². The lowest BCUT2D eigenvalue weighted by Gasteiger charge is -2.14. The second-order valence-electron chi connectivity index (χ2n) is 4.39. The van der Waals surface area contributed by atoms with Crippen LogP contribution in [0.25, 0.3) is 0 Å². The highest BCUT2D eigenvalue weighted by molar-refractivity contribution is 5.28. The Hall–Kier alpha value is -1.94. The lowest BCUT2D eigenvalue weighted by molar-refractivity contribution is 0.414. The summed E-state index contributed by atoms with van der Waals surface area (Å²) in [4.78, 5) is 3.85. The number of methoxy groups -OCH3 is 1. The molecule has 1 unspecified atom stereocenters. The van der Waals surface area contributed by atoms with Gasteiger partial charge in [-0.25, -0.2) is 4.39 Å². The molecule has 0 spiro atoms. The van der Waals surface area contributed by atoms with Crippen LogP contribution in [0.2, 0.25) is 0 Å². The number of hydrogen-bond donors (Lipinski definition) is 1. The molecule has 0 saturated heterocycles. The molecule has 0 aliphatic rings. The van der Waals surface area contributed by atoms with Crippen molar-refractivity contribution in [3.8, 4) is 5.75 Å². The molecule has 2 rings (SSSR count). The lowest BCUT2D eigenvalue weighted by atomic mass is 10.1. The van der Waals surface area contributed by atoms with E-state index in [4.69, 9.17) is 4.74 Å². The van der Waals surface area contributed by atoms with Gasteiger partial charge in [0.15, 0.2) is 0 Å². The van der Waals surface area contributed by atoms with Crippen LogP contribution in [0.5, 0.6) is 5.75 Å². The number of aromatic nitrogens is 1. The summed E-state index contributed by atoms with van der Waals surface area (Å²) in [5.41, 5.74) is 1.96. The Bertz CT molecular complexity index is 545. The van der Waals surface area contributed by atoms with Crippen molar-refractivity contribution >= 4 is 0 Å². The summed E-state index contributed by atoms with van der Waals surface area (Å²) in [6, 6.07) is 9.38. The molecular formula is C15H17FN2O.